The molecular weight excluding hydrogens is 877 g/mol. The van der Waals surface area contributed by atoms with Gasteiger partial charge in [0.05, 0.1) is 0 Å². The van der Waals surface area contributed by atoms with E-state index in [0.717, 1.165) is 116 Å². The summed E-state index contributed by atoms with van der Waals surface area (Å²) in [6.45, 7) is 6.53. The third kappa shape index (κ3) is 57.1. The first kappa shape index (κ1) is 67.3. The van der Waals surface area contributed by atoms with E-state index < -0.39 is 6.10 Å². The summed E-state index contributed by atoms with van der Waals surface area (Å²) in [7, 11) is 0. The molecule has 6 nitrogen and oxygen atoms in total. The van der Waals surface area contributed by atoms with Crippen LogP contribution in [0.3, 0.4) is 0 Å². The van der Waals surface area contributed by atoms with E-state index in [1.165, 1.54) is 122 Å². The van der Waals surface area contributed by atoms with E-state index in [9.17, 15) is 14.4 Å². The number of hydrogen-bond donors (Lipinski definition) is 0. The molecule has 0 aliphatic carbocycles. The van der Waals surface area contributed by atoms with Crippen LogP contribution in [0.1, 0.15) is 278 Å². The zero-order chi connectivity index (χ0) is 51.4. The van der Waals surface area contributed by atoms with Crippen molar-refractivity contribution in [3.63, 3.8) is 0 Å². The summed E-state index contributed by atoms with van der Waals surface area (Å²) >= 11 is 0. The van der Waals surface area contributed by atoms with Crippen LogP contribution in [-0.4, -0.2) is 37.2 Å². The van der Waals surface area contributed by atoms with Gasteiger partial charge in [-0.1, -0.05) is 227 Å². The monoisotopic (exact) mass is 987 g/mol. The first-order chi connectivity index (χ1) is 35.0. The lowest BCUT2D eigenvalue weighted by Crippen LogP contribution is -2.30. The molecule has 0 aromatic heterocycles. The minimum absolute atomic E-state index is 0.0957. The van der Waals surface area contributed by atoms with Crippen LogP contribution in [0.5, 0.6) is 0 Å². The maximum atomic E-state index is 12.9. The van der Waals surface area contributed by atoms with E-state index in [-0.39, 0.29) is 31.1 Å². The molecule has 0 aromatic rings. The Morgan fingerprint density at radius 2 is 0.507 bits per heavy atom. The Morgan fingerprint density at radius 1 is 0.282 bits per heavy atom. The molecule has 0 aliphatic rings. The molecule has 0 heterocycles. The van der Waals surface area contributed by atoms with Gasteiger partial charge in [0.15, 0.2) is 6.10 Å². The average Bonchev–Trinajstić information content (AvgIpc) is 3.37. The second kappa shape index (κ2) is 58.9. The number of ether oxygens (including phenoxy) is 3. The van der Waals surface area contributed by atoms with Gasteiger partial charge in [0.2, 0.25) is 0 Å². The number of allylic oxidation sites excluding steroid dienone is 16. The molecule has 0 aromatic carbocycles. The van der Waals surface area contributed by atoms with Crippen LogP contribution in [0, 0.1) is 0 Å². The highest BCUT2D eigenvalue weighted by Crippen LogP contribution is 2.14. The molecule has 406 valence electrons. The highest BCUT2D eigenvalue weighted by atomic mass is 16.6. The van der Waals surface area contributed by atoms with E-state index in [1.807, 2.05) is 0 Å². The normalized spacial score (nSPS) is 12.8. The Balaban J connectivity index is 4.47. The van der Waals surface area contributed by atoms with Crippen LogP contribution in [0.4, 0.5) is 0 Å². The van der Waals surface area contributed by atoms with Gasteiger partial charge in [0, 0.05) is 19.3 Å². The average molecular weight is 988 g/mol. The fraction of sp³-hybridized carbons (Fsp3) is 0.708. The summed E-state index contributed by atoms with van der Waals surface area (Å²) in [6.07, 6.45) is 78.1. The molecule has 0 rings (SSSR count). The van der Waals surface area contributed by atoms with E-state index >= 15 is 0 Å². The number of unbranched alkanes of at least 4 members (excludes halogenated alkanes) is 26. The topological polar surface area (TPSA) is 78.9 Å². The largest absolute Gasteiger partial charge is 0.462 e. The molecule has 0 aliphatic heterocycles. The zero-order valence-electron chi connectivity index (χ0n) is 46.5. The Labute approximate surface area is 438 Å². The molecule has 0 N–H and O–H groups in total. The van der Waals surface area contributed by atoms with Crippen molar-refractivity contribution < 1.29 is 28.6 Å². The van der Waals surface area contributed by atoms with Crippen molar-refractivity contribution in [3.8, 4) is 0 Å². The van der Waals surface area contributed by atoms with Gasteiger partial charge in [-0.2, -0.15) is 0 Å². The van der Waals surface area contributed by atoms with Gasteiger partial charge in [0.25, 0.3) is 0 Å². The van der Waals surface area contributed by atoms with E-state index in [1.54, 1.807) is 0 Å². The van der Waals surface area contributed by atoms with Crippen LogP contribution in [0.2, 0.25) is 0 Å². The summed E-state index contributed by atoms with van der Waals surface area (Å²) in [4.78, 5) is 38.2. The lowest BCUT2D eigenvalue weighted by molar-refractivity contribution is -0.167. The molecular formula is C65H110O6. The molecule has 1 atom stereocenters. The van der Waals surface area contributed by atoms with Crippen molar-refractivity contribution in [3.05, 3.63) is 97.2 Å². The van der Waals surface area contributed by atoms with E-state index in [4.69, 9.17) is 14.2 Å². The fourth-order valence-corrected chi connectivity index (χ4v) is 8.01. The Morgan fingerprint density at radius 3 is 0.789 bits per heavy atom. The maximum Gasteiger partial charge on any atom is 0.306 e. The molecule has 0 bridgehead atoms. The van der Waals surface area contributed by atoms with E-state index in [2.05, 4.69) is 118 Å². The SMILES string of the molecule is CCCCC/C=C\C/C=C\C/C=C\CCCCCCCCC(=O)OC[C@@H](COC(=O)CCCCCCCCC/C=C\C/C=C\CCCCC)OC(=O)CCCCCC/C=C\C/C=C\C/C=C\CCCCC. The number of carbonyl (C=O) groups excluding carboxylic acids is 3. The van der Waals surface area contributed by atoms with E-state index in [0.29, 0.717) is 19.3 Å². The number of hydrogen-bond acceptors (Lipinski definition) is 6. The molecule has 0 radical (unpaired) electrons. The van der Waals surface area contributed by atoms with Crippen LogP contribution in [-0.2, 0) is 28.6 Å². The second-order valence-corrected chi connectivity index (χ2v) is 19.5. The standard InChI is InChI=1S/C65H110O6/c1-4-7-10-13-16-19-22-25-28-31-32-35-37-40-43-46-49-52-55-58-64(67)70-61-62(71-65(68)59-56-53-50-47-44-41-38-34-30-27-24-21-18-15-12-9-6-3)60-69-63(66)57-54-51-48-45-42-39-36-33-29-26-23-20-17-14-11-8-5-2/h16-21,25-30,32,35,38,41,62H,4-15,22-24,31,33-34,36-37,39-40,42-61H2,1-3H3/b19-16-,20-17-,21-18-,28-25-,29-26-,30-27-,35-32-,41-38-/t62-/m1/s1. The first-order valence-electron chi connectivity index (χ1n) is 29.7. The second-order valence-electron chi connectivity index (χ2n) is 19.5. The predicted octanol–water partition coefficient (Wildman–Crippen LogP) is 20.1. The number of rotatable bonds is 53. The third-order valence-electron chi connectivity index (χ3n) is 12.5. The summed E-state index contributed by atoms with van der Waals surface area (Å²) in [5, 5.41) is 0. The van der Waals surface area contributed by atoms with Crippen molar-refractivity contribution in [1.29, 1.82) is 0 Å². The molecule has 0 saturated heterocycles. The lowest BCUT2D eigenvalue weighted by atomic mass is 10.1. The van der Waals surface area contributed by atoms with Crippen molar-refractivity contribution >= 4 is 17.9 Å². The van der Waals surface area contributed by atoms with Gasteiger partial charge < -0.3 is 14.2 Å². The van der Waals surface area contributed by atoms with Crippen molar-refractivity contribution in [2.75, 3.05) is 13.2 Å². The maximum absolute atomic E-state index is 12.9. The van der Waals surface area contributed by atoms with Gasteiger partial charge in [0.1, 0.15) is 13.2 Å². The Kier molecular flexibility index (Phi) is 55.9. The Bertz CT molecular complexity index is 1410. The number of esters is 3. The fourth-order valence-electron chi connectivity index (χ4n) is 8.01. The third-order valence-corrected chi connectivity index (χ3v) is 12.5. The highest BCUT2D eigenvalue weighted by Gasteiger charge is 2.19. The van der Waals surface area contributed by atoms with Crippen LogP contribution in [0.25, 0.3) is 0 Å². The van der Waals surface area contributed by atoms with Crippen LogP contribution in [0.15, 0.2) is 97.2 Å². The molecule has 0 spiro atoms. The minimum Gasteiger partial charge on any atom is -0.462 e. The smallest absolute Gasteiger partial charge is 0.306 e. The molecule has 71 heavy (non-hydrogen) atoms. The van der Waals surface area contributed by atoms with Crippen molar-refractivity contribution in [2.24, 2.45) is 0 Å². The van der Waals surface area contributed by atoms with Crippen LogP contribution < -0.4 is 0 Å². The van der Waals surface area contributed by atoms with Gasteiger partial charge in [-0.25, -0.2) is 0 Å². The zero-order valence-corrected chi connectivity index (χ0v) is 46.5. The molecule has 0 saturated carbocycles. The molecule has 0 unspecified atom stereocenters. The van der Waals surface area contributed by atoms with Crippen LogP contribution >= 0.6 is 0 Å². The van der Waals surface area contributed by atoms with Gasteiger partial charge >= 0.3 is 17.9 Å². The van der Waals surface area contributed by atoms with Gasteiger partial charge in [-0.15, -0.1) is 0 Å². The predicted molar refractivity (Wildman–Crippen MR) is 307 cm³/mol. The molecule has 0 fully saturated rings. The summed E-state index contributed by atoms with van der Waals surface area (Å²) in [5.41, 5.74) is 0. The first-order valence-corrected chi connectivity index (χ1v) is 29.7. The summed E-state index contributed by atoms with van der Waals surface area (Å²) in [5.74, 6) is -0.933. The lowest BCUT2D eigenvalue weighted by Gasteiger charge is -2.18. The minimum atomic E-state index is -0.800. The molecule has 6 heteroatoms. The van der Waals surface area contributed by atoms with Gasteiger partial charge in [-0.05, 0) is 128 Å². The number of carbonyl (C=O) groups is 3. The quantitative estimate of drug-likeness (QED) is 0.0261. The van der Waals surface area contributed by atoms with Crippen molar-refractivity contribution in [1.82, 2.24) is 0 Å². The molecule has 0 amide bonds. The summed E-state index contributed by atoms with van der Waals surface area (Å²) in [6, 6.07) is 0. The van der Waals surface area contributed by atoms with Crippen molar-refractivity contribution in [2.45, 2.75) is 284 Å². The summed E-state index contributed by atoms with van der Waals surface area (Å²) < 4.78 is 16.9. The Hall–Kier alpha value is -3.67. The van der Waals surface area contributed by atoms with Gasteiger partial charge in [-0.3, -0.25) is 14.4 Å². The highest BCUT2D eigenvalue weighted by molar-refractivity contribution is 5.71.